The Balaban J connectivity index is 2.39. The van der Waals surface area contributed by atoms with E-state index in [0.717, 1.165) is 32.4 Å². The molecule has 0 unspecified atom stereocenters. The van der Waals surface area contributed by atoms with E-state index in [1.807, 2.05) is 43.5 Å². The summed E-state index contributed by atoms with van der Waals surface area (Å²) < 4.78 is 1.01. The molecule has 0 amide bonds. The zero-order chi connectivity index (χ0) is 19.4. The van der Waals surface area contributed by atoms with Gasteiger partial charge in [0.15, 0.2) is 0 Å². The lowest BCUT2D eigenvalue weighted by Gasteiger charge is -2.36. The normalized spacial score (nSPS) is 13.6. The molecule has 3 rings (SSSR count). The topological polar surface area (TPSA) is 45.5 Å². The molecule has 138 valence electrons. The van der Waals surface area contributed by atoms with Crippen LogP contribution in [0.2, 0.25) is 5.02 Å². The lowest BCUT2D eigenvalue weighted by molar-refractivity contribution is 0.319. The third kappa shape index (κ3) is 3.92. The van der Waals surface area contributed by atoms with Gasteiger partial charge in [-0.15, -0.1) is 5.16 Å². The van der Waals surface area contributed by atoms with Crippen LogP contribution in [-0.4, -0.2) is 16.4 Å². The molecule has 0 aliphatic rings. The lowest BCUT2D eigenvalue weighted by atomic mass is 9.66. The number of oxime groups is 1. The van der Waals surface area contributed by atoms with Crippen LogP contribution in [0.25, 0.3) is 0 Å². The maximum Gasteiger partial charge on any atom is 0.0505 e. The Morgan fingerprint density at radius 3 is 2.44 bits per heavy atom. The molecule has 0 saturated heterocycles. The van der Waals surface area contributed by atoms with Gasteiger partial charge in [-0.1, -0.05) is 45.7 Å². The van der Waals surface area contributed by atoms with Gasteiger partial charge in [0.2, 0.25) is 0 Å². The van der Waals surface area contributed by atoms with E-state index in [2.05, 4.69) is 57.3 Å². The lowest BCUT2D eigenvalue weighted by Crippen LogP contribution is -2.31. The van der Waals surface area contributed by atoms with Crippen LogP contribution < -0.4 is 0 Å². The zero-order valence-electron chi connectivity index (χ0n) is 15.2. The molecular weight excluding hydrogens is 424 g/mol. The number of hydrogen-bond donors (Lipinski definition) is 1. The summed E-state index contributed by atoms with van der Waals surface area (Å²) in [5.74, 6) is 0. The van der Waals surface area contributed by atoms with Crippen LogP contribution in [0, 0.1) is 13.8 Å². The molecule has 0 spiro atoms. The van der Waals surface area contributed by atoms with Gasteiger partial charge < -0.3 is 5.21 Å². The fourth-order valence-electron chi connectivity index (χ4n) is 3.65. The first-order valence-electron chi connectivity index (χ1n) is 8.59. The van der Waals surface area contributed by atoms with Crippen LogP contribution in [0.3, 0.4) is 0 Å². The van der Waals surface area contributed by atoms with E-state index >= 15 is 0 Å². The molecule has 5 heteroatoms. The number of hydrogen-bond acceptors (Lipinski definition) is 3. The van der Waals surface area contributed by atoms with Crippen molar-refractivity contribution < 1.29 is 5.21 Å². The molecule has 3 aromatic rings. The van der Waals surface area contributed by atoms with Crippen molar-refractivity contribution in [1.29, 1.82) is 0 Å². The quantitative estimate of drug-likeness (QED) is 0.286. The van der Waals surface area contributed by atoms with Gasteiger partial charge >= 0.3 is 0 Å². The standard InChI is InChI=1S/C22H20BrClN2O/c1-15-13-20(24)7-8-21(15)22(10-12-26-27,17-3-5-19(23)6-4-17)18-9-11-25-16(2)14-18/h3-9,11-14,27H,10H2,1-2H3/b26-12+/t22-/m1/s1. The van der Waals surface area contributed by atoms with Gasteiger partial charge in [0.05, 0.1) is 5.41 Å². The number of aryl methyl sites for hydroxylation is 2. The summed E-state index contributed by atoms with van der Waals surface area (Å²) >= 11 is 9.75. The van der Waals surface area contributed by atoms with Crippen LogP contribution in [0.5, 0.6) is 0 Å². The fourth-order valence-corrected chi connectivity index (χ4v) is 4.14. The van der Waals surface area contributed by atoms with Gasteiger partial charge in [-0.25, -0.2) is 0 Å². The summed E-state index contributed by atoms with van der Waals surface area (Å²) in [5, 5.41) is 13.2. The van der Waals surface area contributed by atoms with Crippen LogP contribution in [0.4, 0.5) is 0 Å². The minimum atomic E-state index is -0.532. The molecule has 2 aromatic carbocycles. The van der Waals surface area contributed by atoms with Crippen molar-refractivity contribution in [3.63, 3.8) is 0 Å². The monoisotopic (exact) mass is 442 g/mol. The molecule has 27 heavy (non-hydrogen) atoms. The van der Waals surface area contributed by atoms with E-state index in [1.165, 1.54) is 0 Å². The van der Waals surface area contributed by atoms with Gasteiger partial charge in [-0.3, -0.25) is 4.98 Å². The van der Waals surface area contributed by atoms with Gasteiger partial charge in [0, 0.05) is 34.0 Å². The Hall–Kier alpha value is -2.17. The number of aromatic nitrogens is 1. The molecule has 1 aromatic heterocycles. The van der Waals surface area contributed by atoms with E-state index in [4.69, 9.17) is 11.6 Å². The van der Waals surface area contributed by atoms with Crippen molar-refractivity contribution in [2.75, 3.05) is 0 Å². The smallest absolute Gasteiger partial charge is 0.0505 e. The molecule has 0 radical (unpaired) electrons. The Bertz CT molecular complexity index is 972. The number of benzene rings is 2. The molecule has 1 heterocycles. The fraction of sp³-hybridized carbons (Fsp3) is 0.182. The molecular formula is C22H20BrClN2O. The van der Waals surface area contributed by atoms with E-state index in [0.29, 0.717) is 11.4 Å². The molecule has 1 atom stereocenters. The van der Waals surface area contributed by atoms with E-state index < -0.39 is 5.41 Å². The average Bonchev–Trinajstić information content (AvgIpc) is 2.64. The molecule has 0 aliphatic carbocycles. The molecule has 1 N–H and O–H groups in total. The third-order valence-electron chi connectivity index (χ3n) is 4.85. The summed E-state index contributed by atoms with van der Waals surface area (Å²) in [6.07, 6.45) is 3.86. The van der Waals surface area contributed by atoms with Gasteiger partial charge in [0.1, 0.15) is 0 Å². The highest BCUT2D eigenvalue weighted by Crippen LogP contribution is 2.44. The zero-order valence-corrected chi connectivity index (χ0v) is 17.5. The largest absolute Gasteiger partial charge is 0.411 e. The predicted molar refractivity (Wildman–Crippen MR) is 114 cm³/mol. The summed E-state index contributed by atoms with van der Waals surface area (Å²) in [4.78, 5) is 4.36. The molecule has 0 fully saturated rings. The first-order valence-corrected chi connectivity index (χ1v) is 9.76. The molecule has 0 bridgehead atoms. The maximum atomic E-state index is 9.21. The summed E-state index contributed by atoms with van der Waals surface area (Å²) in [7, 11) is 0. The molecule has 0 saturated carbocycles. The minimum absolute atomic E-state index is 0.497. The number of pyridine rings is 1. The number of halogens is 2. The van der Waals surface area contributed by atoms with Crippen molar-refractivity contribution in [3.05, 3.63) is 98.2 Å². The first-order chi connectivity index (χ1) is 13.0. The SMILES string of the molecule is Cc1cc([C@@](C/C=N/O)(c2ccc(Br)cc2)c2ccc(Cl)cc2C)ccn1. The first kappa shape index (κ1) is 19.6. The summed E-state index contributed by atoms with van der Waals surface area (Å²) in [6, 6.07) is 18.3. The number of nitrogens with zero attached hydrogens (tertiary/aromatic N) is 2. The van der Waals surface area contributed by atoms with Crippen LogP contribution in [0.15, 0.2) is 70.4 Å². The molecule has 0 aliphatic heterocycles. The minimum Gasteiger partial charge on any atom is -0.411 e. The van der Waals surface area contributed by atoms with Crippen LogP contribution in [0.1, 0.15) is 34.4 Å². The predicted octanol–water partition coefficient (Wildman–Crippen LogP) is 6.30. The maximum absolute atomic E-state index is 9.21. The summed E-state index contributed by atoms with van der Waals surface area (Å²) in [6.45, 7) is 4.03. The Labute approximate surface area is 172 Å². The van der Waals surface area contributed by atoms with Crippen molar-refractivity contribution in [2.24, 2.45) is 5.16 Å². The average molecular weight is 444 g/mol. The van der Waals surface area contributed by atoms with E-state index in [9.17, 15) is 5.21 Å². The third-order valence-corrected chi connectivity index (χ3v) is 5.62. The van der Waals surface area contributed by atoms with Crippen LogP contribution in [-0.2, 0) is 5.41 Å². The Morgan fingerprint density at radius 1 is 1.07 bits per heavy atom. The summed E-state index contributed by atoms with van der Waals surface area (Å²) in [5.41, 5.74) is 4.77. The highest BCUT2D eigenvalue weighted by Gasteiger charge is 2.37. The van der Waals surface area contributed by atoms with Crippen LogP contribution >= 0.6 is 27.5 Å². The second-order valence-electron chi connectivity index (χ2n) is 6.56. The second-order valence-corrected chi connectivity index (χ2v) is 7.91. The van der Waals surface area contributed by atoms with Crippen molar-refractivity contribution in [2.45, 2.75) is 25.7 Å². The van der Waals surface area contributed by atoms with Crippen molar-refractivity contribution >= 4 is 33.7 Å². The Kier molecular flexibility index (Phi) is 5.98. The highest BCUT2D eigenvalue weighted by atomic mass is 79.9. The van der Waals surface area contributed by atoms with Crippen molar-refractivity contribution in [1.82, 2.24) is 4.98 Å². The number of rotatable bonds is 5. The van der Waals surface area contributed by atoms with Gasteiger partial charge in [0.25, 0.3) is 0 Å². The van der Waals surface area contributed by atoms with E-state index in [-0.39, 0.29) is 0 Å². The Morgan fingerprint density at radius 2 is 1.81 bits per heavy atom. The van der Waals surface area contributed by atoms with Gasteiger partial charge in [-0.05, 0) is 72.5 Å². The highest BCUT2D eigenvalue weighted by molar-refractivity contribution is 9.10. The van der Waals surface area contributed by atoms with Gasteiger partial charge in [-0.2, -0.15) is 0 Å². The molecule has 3 nitrogen and oxygen atoms in total. The second kappa shape index (κ2) is 8.24. The van der Waals surface area contributed by atoms with Crippen molar-refractivity contribution in [3.8, 4) is 0 Å². The van der Waals surface area contributed by atoms with E-state index in [1.54, 1.807) is 6.21 Å².